The topological polar surface area (TPSA) is 165 Å². The SMILES string of the molecule is CS(=O)(=O)[O-].Cc1nc(-c2ccc(CC(=O)Nc3cc(C(C)(C)C)on3)cc2)c[nH+]c1N. The summed E-state index contributed by atoms with van der Waals surface area (Å²) in [5.41, 5.74) is 9.00. The largest absolute Gasteiger partial charge is 0.748 e. The van der Waals surface area contributed by atoms with Gasteiger partial charge in [0.1, 0.15) is 23.3 Å². The first-order valence-corrected chi connectivity index (χ1v) is 11.5. The van der Waals surface area contributed by atoms with E-state index in [1.807, 2.05) is 52.0 Å². The van der Waals surface area contributed by atoms with Crippen LogP contribution in [0, 0.1) is 6.92 Å². The van der Waals surface area contributed by atoms with Crippen LogP contribution in [0.15, 0.2) is 41.1 Å². The number of aromatic amines is 1. The Morgan fingerprint density at radius 1 is 1.25 bits per heavy atom. The van der Waals surface area contributed by atoms with Gasteiger partial charge in [0.25, 0.3) is 5.82 Å². The van der Waals surface area contributed by atoms with Crippen molar-refractivity contribution < 1.29 is 27.3 Å². The first-order valence-electron chi connectivity index (χ1n) is 9.64. The number of H-pyrrole nitrogens is 1. The third kappa shape index (κ3) is 8.08. The number of amides is 1. The Bertz CT molecular complexity index is 1170. The molecule has 4 N–H and O–H groups in total. The van der Waals surface area contributed by atoms with E-state index in [9.17, 15) is 4.79 Å². The second-order valence-electron chi connectivity index (χ2n) is 8.24. The predicted molar refractivity (Wildman–Crippen MR) is 119 cm³/mol. The van der Waals surface area contributed by atoms with Crippen LogP contribution in [0.2, 0.25) is 0 Å². The fourth-order valence-corrected chi connectivity index (χ4v) is 2.52. The Morgan fingerprint density at radius 3 is 2.34 bits per heavy atom. The molecule has 0 saturated heterocycles. The minimum Gasteiger partial charge on any atom is -0.748 e. The van der Waals surface area contributed by atoms with Crippen LogP contribution < -0.4 is 16.0 Å². The highest BCUT2D eigenvalue weighted by molar-refractivity contribution is 7.84. The zero-order chi connectivity index (χ0) is 24.1. The number of nitrogens with two attached hydrogens (primary N) is 1. The molecule has 0 saturated carbocycles. The standard InChI is InChI=1S/C20H23N5O2.CH4O3S/c1-12-19(21)22-11-15(23-12)14-7-5-13(6-8-14)9-18(26)24-17-10-16(27-25-17)20(2,3)4;1-5(2,3)4/h5-8,10-11H,9H2,1-4H3,(H2,21,22)(H,24,25,26);1H3,(H,2,3,4). The smallest absolute Gasteiger partial charge is 0.291 e. The van der Waals surface area contributed by atoms with Gasteiger partial charge in [0.05, 0.1) is 16.5 Å². The molecule has 0 radical (unpaired) electrons. The zero-order valence-electron chi connectivity index (χ0n) is 18.6. The maximum atomic E-state index is 12.3. The van der Waals surface area contributed by atoms with E-state index >= 15 is 0 Å². The Balaban J connectivity index is 0.000000654. The lowest BCUT2D eigenvalue weighted by atomic mass is 9.93. The maximum Gasteiger partial charge on any atom is 0.291 e. The molecule has 1 aromatic carbocycles. The number of nitrogen functional groups attached to an aromatic ring is 1. The van der Waals surface area contributed by atoms with E-state index in [0.29, 0.717) is 17.9 Å². The van der Waals surface area contributed by atoms with Gasteiger partial charge in [-0.25, -0.2) is 18.4 Å². The summed E-state index contributed by atoms with van der Waals surface area (Å²) in [6.07, 6.45) is 2.62. The molecule has 0 aliphatic carbocycles. The number of hydrogen-bond acceptors (Lipinski definition) is 8. The second-order valence-corrected chi connectivity index (χ2v) is 9.65. The summed E-state index contributed by atoms with van der Waals surface area (Å²) in [5, 5.41) is 6.67. The Labute approximate surface area is 187 Å². The highest BCUT2D eigenvalue weighted by Gasteiger charge is 2.20. The van der Waals surface area contributed by atoms with Crippen molar-refractivity contribution >= 4 is 27.7 Å². The number of nitrogens with zero attached hydrogens (tertiary/aromatic N) is 2. The minimum atomic E-state index is -3.92. The minimum absolute atomic E-state index is 0.147. The number of aryl methyl sites for hydroxylation is 1. The lowest BCUT2D eigenvalue weighted by Crippen LogP contribution is -2.15. The summed E-state index contributed by atoms with van der Waals surface area (Å²) in [7, 11) is -3.92. The van der Waals surface area contributed by atoms with Gasteiger partial charge in [-0.15, -0.1) is 0 Å². The lowest BCUT2D eigenvalue weighted by Gasteiger charge is -2.12. The van der Waals surface area contributed by atoms with Crippen LogP contribution in [0.25, 0.3) is 11.3 Å². The fraction of sp³-hybridized carbons (Fsp3) is 0.333. The predicted octanol–water partition coefficient (Wildman–Crippen LogP) is 2.08. The molecule has 2 aromatic heterocycles. The van der Waals surface area contributed by atoms with Crippen LogP contribution in [-0.4, -0.2) is 35.3 Å². The van der Waals surface area contributed by atoms with Crippen LogP contribution >= 0.6 is 0 Å². The number of carbonyl (C=O) groups excluding carboxylic acids is 1. The van der Waals surface area contributed by atoms with Crippen LogP contribution in [-0.2, 0) is 26.7 Å². The Kier molecular flexibility index (Phi) is 7.70. The Morgan fingerprint density at radius 2 is 1.84 bits per heavy atom. The molecule has 3 rings (SSSR count). The van der Waals surface area contributed by atoms with Crippen molar-refractivity contribution in [3.63, 3.8) is 0 Å². The van der Waals surface area contributed by atoms with Gasteiger partial charge in [-0.1, -0.05) is 50.2 Å². The molecule has 0 spiro atoms. The molecule has 10 nitrogen and oxygen atoms in total. The van der Waals surface area contributed by atoms with Gasteiger partial charge >= 0.3 is 0 Å². The van der Waals surface area contributed by atoms with Crippen LogP contribution in [0.3, 0.4) is 0 Å². The van der Waals surface area contributed by atoms with Gasteiger partial charge in [0.2, 0.25) is 5.91 Å². The summed E-state index contributed by atoms with van der Waals surface area (Å²) >= 11 is 0. The number of anilines is 2. The van der Waals surface area contributed by atoms with Gasteiger partial charge in [-0.2, -0.15) is 0 Å². The third-order valence-corrected chi connectivity index (χ3v) is 4.17. The molecular weight excluding hydrogens is 434 g/mol. The van der Waals surface area contributed by atoms with Crippen molar-refractivity contribution in [2.45, 2.75) is 39.5 Å². The van der Waals surface area contributed by atoms with E-state index < -0.39 is 10.1 Å². The highest BCUT2D eigenvalue weighted by atomic mass is 32.2. The van der Waals surface area contributed by atoms with Gasteiger partial charge in [-0.3, -0.25) is 10.5 Å². The molecule has 3 aromatic rings. The lowest BCUT2D eigenvalue weighted by molar-refractivity contribution is -0.360. The molecule has 0 aliphatic heterocycles. The molecule has 0 fully saturated rings. The van der Waals surface area contributed by atoms with Gasteiger partial charge in [-0.05, 0) is 12.5 Å². The summed E-state index contributed by atoms with van der Waals surface area (Å²) in [6.45, 7) is 7.92. The van der Waals surface area contributed by atoms with Crippen molar-refractivity contribution in [1.29, 1.82) is 0 Å². The molecule has 172 valence electrons. The fourth-order valence-electron chi connectivity index (χ4n) is 2.52. The van der Waals surface area contributed by atoms with E-state index in [1.165, 1.54) is 0 Å². The number of nitrogens with one attached hydrogen (secondary N) is 2. The second kappa shape index (κ2) is 9.88. The molecule has 0 aliphatic rings. The van der Waals surface area contributed by atoms with Gasteiger partial charge in [0, 0.05) is 23.3 Å². The van der Waals surface area contributed by atoms with Crippen LogP contribution in [0.1, 0.15) is 37.8 Å². The number of carbonyl (C=O) groups is 1. The first kappa shape index (κ1) is 25.0. The van der Waals surface area contributed by atoms with E-state index in [4.69, 9.17) is 23.2 Å². The molecule has 1 amide bonds. The third-order valence-electron chi connectivity index (χ3n) is 4.17. The number of aromatic nitrogens is 3. The highest BCUT2D eigenvalue weighted by Crippen LogP contribution is 2.24. The molecule has 0 atom stereocenters. The summed E-state index contributed by atoms with van der Waals surface area (Å²) < 4.78 is 32.5. The summed E-state index contributed by atoms with van der Waals surface area (Å²) in [6, 6.07) is 9.44. The van der Waals surface area contributed by atoms with Gasteiger partial charge in [0.15, 0.2) is 5.82 Å². The zero-order valence-corrected chi connectivity index (χ0v) is 19.4. The van der Waals surface area contributed by atoms with Gasteiger partial charge < -0.3 is 14.4 Å². The quantitative estimate of drug-likeness (QED) is 0.557. The monoisotopic (exact) mass is 461 g/mol. The van der Waals surface area contributed by atoms with Crippen LogP contribution in [0.5, 0.6) is 0 Å². The summed E-state index contributed by atoms with van der Waals surface area (Å²) in [5.74, 6) is 1.56. The van der Waals surface area contributed by atoms with Crippen molar-refractivity contribution in [2.24, 2.45) is 0 Å². The van der Waals surface area contributed by atoms with E-state index in [2.05, 4.69) is 20.4 Å². The molecule has 32 heavy (non-hydrogen) atoms. The maximum absolute atomic E-state index is 12.3. The van der Waals surface area contributed by atoms with Crippen molar-refractivity contribution in [3.8, 4) is 11.3 Å². The molecule has 2 heterocycles. The molecule has 11 heteroatoms. The number of hydrogen-bond donors (Lipinski definition) is 2. The number of rotatable bonds is 4. The van der Waals surface area contributed by atoms with Crippen molar-refractivity contribution in [2.75, 3.05) is 17.3 Å². The van der Waals surface area contributed by atoms with E-state index in [0.717, 1.165) is 28.3 Å². The average molecular weight is 462 g/mol. The molecule has 0 bridgehead atoms. The molecule has 0 unspecified atom stereocenters. The molecular formula is C21H27N5O5S. The van der Waals surface area contributed by atoms with Crippen LogP contribution in [0.4, 0.5) is 11.6 Å². The number of benzene rings is 1. The van der Waals surface area contributed by atoms with Crippen molar-refractivity contribution in [3.05, 3.63) is 53.5 Å². The Hall–Kier alpha value is -3.31. The first-order chi connectivity index (χ1) is 14.7. The summed E-state index contributed by atoms with van der Waals surface area (Å²) in [4.78, 5) is 19.7. The average Bonchev–Trinajstić information content (AvgIpc) is 3.12. The van der Waals surface area contributed by atoms with E-state index in [-0.39, 0.29) is 17.7 Å². The normalized spacial score (nSPS) is 11.4. The van der Waals surface area contributed by atoms with Crippen molar-refractivity contribution in [1.82, 2.24) is 10.1 Å². The van der Waals surface area contributed by atoms with E-state index in [1.54, 1.807) is 12.3 Å².